The van der Waals surface area contributed by atoms with Gasteiger partial charge in [-0.25, -0.2) is 9.78 Å². The second-order valence-electron chi connectivity index (χ2n) is 13.1. The van der Waals surface area contributed by atoms with E-state index >= 15 is 0 Å². The van der Waals surface area contributed by atoms with Crippen LogP contribution in [0.25, 0.3) is 0 Å². The van der Waals surface area contributed by atoms with Gasteiger partial charge in [-0.1, -0.05) is 64.5 Å². The Hall–Kier alpha value is -3.57. The quantitative estimate of drug-likeness (QED) is 0.308. The van der Waals surface area contributed by atoms with E-state index in [1.54, 1.807) is 36.1 Å². The number of aromatic nitrogens is 1. The normalized spacial score (nSPS) is 28.1. The molecule has 0 aliphatic carbocycles. The van der Waals surface area contributed by atoms with E-state index < -0.39 is 29.6 Å². The van der Waals surface area contributed by atoms with Gasteiger partial charge < -0.3 is 29.4 Å². The Labute approximate surface area is 279 Å². The molecule has 3 heterocycles. The van der Waals surface area contributed by atoms with E-state index in [0.717, 1.165) is 38.0 Å². The SMILES string of the molecule is CCN(CC)CCCCC12CCCN1C(=O)c1coc(n1)CC(=O)CC(O)/C=C(C)/C=C/CNC(=O)/C=C/C(C)C(C(C)C)OC2=O. The number of nitrogens with zero attached hydrogens (tertiary/aromatic N) is 3. The first-order chi connectivity index (χ1) is 22.4. The molecule has 2 bridgehead atoms. The molecule has 1 fully saturated rings. The number of carbonyl (C=O) groups excluding carboxylic acids is 4. The van der Waals surface area contributed by atoms with Crippen molar-refractivity contribution in [2.75, 3.05) is 32.7 Å². The summed E-state index contributed by atoms with van der Waals surface area (Å²) in [6.07, 6.45) is 10.7. The molecule has 2 aliphatic heterocycles. The standard InChI is InChI=1S/C36H54N4O7/c1-7-39(8-2)19-10-9-16-36-17-12-20-40(36)34(44)30-24-46-32(38-30)23-29(42)22-28(41)21-26(5)13-11-18-37-31(43)15-14-27(6)33(25(3)4)47-35(36)45/h11,13-15,21,24-25,27-28,33,41H,7-10,12,16-20,22-23H2,1-6H3,(H,37,43)/b13-11+,15-14+,26-21+. The number of esters is 1. The lowest BCUT2D eigenvalue weighted by atomic mass is 9.88. The molecule has 260 valence electrons. The molecule has 47 heavy (non-hydrogen) atoms. The molecule has 3 rings (SSSR count). The number of hydrogen-bond donors (Lipinski definition) is 2. The van der Waals surface area contributed by atoms with Crippen molar-refractivity contribution in [2.24, 2.45) is 11.8 Å². The number of fused-ring (bicyclic) bond motifs is 3. The number of rotatable bonds is 8. The number of aliphatic hydroxyl groups is 1. The molecular formula is C36H54N4O7. The molecule has 4 unspecified atom stereocenters. The smallest absolute Gasteiger partial charge is 0.332 e. The number of ether oxygens (including phenoxy) is 1. The van der Waals surface area contributed by atoms with Crippen LogP contribution in [-0.4, -0.2) is 93.9 Å². The Morgan fingerprint density at radius 3 is 2.60 bits per heavy atom. The molecule has 11 nitrogen and oxygen atoms in total. The average molecular weight is 655 g/mol. The molecule has 2 aliphatic rings. The summed E-state index contributed by atoms with van der Waals surface area (Å²) in [6.45, 7) is 15.3. The van der Waals surface area contributed by atoms with Crippen molar-refractivity contribution in [1.29, 1.82) is 0 Å². The summed E-state index contributed by atoms with van der Waals surface area (Å²) >= 11 is 0. The van der Waals surface area contributed by atoms with E-state index in [1.165, 1.54) is 12.3 Å². The fourth-order valence-corrected chi connectivity index (χ4v) is 6.46. The van der Waals surface area contributed by atoms with Crippen LogP contribution in [0.15, 0.2) is 46.6 Å². The van der Waals surface area contributed by atoms with Crippen LogP contribution in [0.3, 0.4) is 0 Å². The Morgan fingerprint density at radius 2 is 1.89 bits per heavy atom. The van der Waals surface area contributed by atoms with Crippen molar-refractivity contribution in [3.05, 3.63) is 53.8 Å². The number of Topliss-reactive ketones (excluding diaryl/α,β-unsaturated/α-hetero) is 1. The van der Waals surface area contributed by atoms with Crippen molar-refractivity contribution in [2.45, 2.75) is 104 Å². The maximum atomic E-state index is 14.3. The van der Waals surface area contributed by atoms with Crippen molar-refractivity contribution in [1.82, 2.24) is 20.1 Å². The number of unbranched alkanes of at least 4 members (excludes halogenated alkanes) is 1. The summed E-state index contributed by atoms with van der Waals surface area (Å²) in [7, 11) is 0. The summed E-state index contributed by atoms with van der Waals surface area (Å²) < 4.78 is 11.8. The van der Waals surface area contributed by atoms with Gasteiger partial charge in [0.15, 0.2) is 5.69 Å². The van der Waals surface area contributed by atoms with Gasteiger partial charge in [0.2, 0.25) is 11.8 Å². The zero-order valence-corrected chi connectivity index (χ0v) is 29.0. The lowest BCUT2D eigenvalue weighted by Crippen LogP contribution is -2.55. The first kappa shape index (κ1) is 37.9. The minimum atomic E-state index is -1.18. The Kier molecular flexibility index (Phi) is 14.6. The third-order valence-electron chi connectivity index (χ3n) is 9.08. The molecule has 0 spiro atoms. The lowest BCUT2D eigenvalue weighted by Gasteiger charge is -2.38. The number of aliphatic hydroxyl groups excluding tert-OH is 1. The highest BCUT2D eigenvalue weighted by Crippen LogP contribution is 2.38. The number of cyclic esters (lactones) is 1. The predicted molar refractivity (Wildman–Crippen MR) is 179 cm³/mol. The summed E-state index contributed by atoms with van der Waals surface area (Å²) in [5.41, 5.74) is -0.425. The zero-order valence-electron chi connectivity index (χ0n) is 29.0. The van der Waals surface area contributed by atoms with Crippen LogP contribution >= 0.6 is 0 Å². The molecule has 0 aromatic carbocycles. The average Bonchev–Trinajstić information content (AvgIpc) is 3.67. The van der Waals surface area contributed by atoms with Gasteiger partial charge in [-0.05, 0) is 70.7 Å². The topological polar surface area (TPSA) is 142 Å². The molecule has 0 radical (unpaired) electrons. The number of hydrogen-bond acceptors (Lipinski definition) is 9. The lowest BCUT2D eigenvalue weighted by molar-refractivity contribution is -0.165. The van der Waals surface area contributed by atoms with Crippen LogP contribution in [0.5, 0.6) is 0 Å². The zero-order chi connectivity index (χ0) is 34.6. The molecule has 2 N–H and O–H groups in total. The van der Waals surface area contributed by atoms with E-state index in [-0.39, 0.29) is 54.5 Å². The van der Waals surface area contributed by atoms with Crippen molar-refractivity contribution < 1.29 is 33.4 Å². The third kappa shape index (κ3) is 10.7. The largest absolute Gasteiger partial charge is 0.460 e. The van der Waals surface area contributed by atoms with E-state index in [1.807, 2.05) is 20.8 Å². The number of oxazole rings is 1. The molecule has 0 saturated carbocycles. The number of allylic oxidation sites excluding steroid dienone is 2. The maximum absolute atomic E-state index is 14.3. The third-order valence-corrected chi connectivity index (χ3v) is 9.08. The highest BCUT2D eigenvalue weighted by molar-refractivity contribution is 5.97. The van der Waals surface area contributed by atoms with Gasteiger partial charge in [0.1, 0.15) is 23.7 Å². The fraction of sp³-hybridized carbons (Fsp3) is 0.639. The molecular weight excluding hydrogens is 600 g/mol. The van der Waals surface area contributed by atoms with Crippen molar-refractivity contribution in [3.8, 4) is 0 Å². The molecule has 11 heteroatoms. The van der Waals surface area contributed by atoms with Crippen LogP contribution in [-0.2, 0) is 25.5 Å². The van der Waals surface area contributed by atoms with E-state index in [4.69, 9.17) is 9.15 Å². The number of amides is 2. The summed E-state index contributed by atoms with van der Waals surface area (Å²) in [6, 6.07) is 0. The van der Waals surface area contributed by atoms with Gasteiger partial charge in [-0.2, -0.15) is 0 Å². The van der Waals surface area contributed by atoms with Gasteiger partial charge >= 0.3 is 5.97 Å². The van der Waals surface area contributed by atoms with Crippen LogP contribution < -0.4 is 5.32 Å². The van der Waals surface area contributed by atoms with Crippen LogP contribution in [0.4, 0.5) is 0 Å². The summed E-state index contributed by atoms with van der Waals surface area (Å²) in [5, 5.41) is 13.2. The van der Waals surface area contributed by atoms with Crippen LogP contribution in [0, 0.1) is 11.8 Å². The van der Waals surface area contributed by atoms with Crippen molar-refractivity contribution in [3.63, 3.8) is 0 Å². The van der Waals surface area contributed by atoms with Gasteiger partial charge in [0.25, 0.3) is 5.91 Å². The minimum Gasteiger partial charge on any atom is -0.460 e. The van der Waals surface area contributed by atoms with Crippen LogP contribution in [0.2, 0.25) is 0 Å². The Balaban J connectivity index is 1.96. The summed E-state index contributed by atoms with van der Waals surface area (Å²) in [5.74, 6) is -1.73. The molecule has 4 atom stereocenters. The van der Waals surface area contributed by atoms with E-state index in [9.17, 15) is 24.3 Å². The number of ketones is 1. The second-order valence-corrected chi connectivity index (χ2v) is 13.1. The monoisotopic (exact) mass is 654 g/mol. The highest BCUT2D eigenvalue weighted by atomic mass is 16.5. The molecule has 1 saturated heterocycles. The molecule has 1 aromatic heterocycles. The minimum absolute atomic E-state index is 0.0255. The van der Waals surface area contributed by atoms with Gasteiger partial charge in [0.05, 0.1) is 12.5 Å². The molecule has 2 amide bonds. The number of carbonyl (C=O) groups is 4. The highest BCUT2D eigenvalue weighted by Gasteiger charge is 2.52. The molecule has 1 aromatic rings. The van der Waals surface area contributed by atoms with Gasteiger partial charge in [-0.15, -0.1) is 0 Å². The first-order valence-electron chi connectivity index (χ1n) is 17.1. The summed E-state index contributed by atoms with van der Waals surface area (Å²) in [4.78, 5) is 61.8. The van der Waals surface area contributed by atoms with Crippen molar-refractivity contribution >= 4 is 23.6 Å². The van der Waals surface area contributed by atoms with Gasteiger partial charge in [-0.3, -0.25) is 14.4 Å². The maximum Gasteiger partial charge on any atom is 0.332 e. The predicted octanol–water partition coefficient (Wildman–Crippen LogP) is 4.42. The van der Waals surface area contributed by atoms with E-state index in [0.29, 0.717) is 25.8 Å². The van der Waals surface area contributed by atoms with E-state index in [2.05, 4.69) is 29.0 Å². The number of nitrogens with one attached hydrogen (secondary N) is 1. The van der Waals surface area contributed by atoms with Crippen LogP contribution in [0.1, 0.15) is 96.4 Å². The second kappa shape index (κ2) is 18.1. The van der Waals surface area contributed by atoms with Gasteiger partial charge in [0, 0.05) is 25.4 Å². The fourth-order valence-electron chi connectivity index (χ4n) is 6.46. The Bertz CT molecular complexity index is 1310. The first-order valence-corrected chi connectivity index (χ1v) is 17.1. The Morgan fingerprint density at radius 1 is 1.15 bits per heavy atom.